The van der Waals surface area contributed by atoms with Crippen LogP contribution in [0.1, 0.15) is 17.0 Å². The Kier molecular flexibility index (Phi) is 5.07. The maximum Gasteiger partial charge on any atom is 0.234 e. The number of likely N-dealkylation sites (tertiary alicyclic amines) is 1. The van der Waals surface area contributed by atoms with Crippen LogP contribution in [0.25, 0.3) is 0 Å². The molecule has 0 unspecified atom stereocenters. The van der Waals surface area contributed by atoms with E-state index in [1.54, 1.807) is 18.3 Å². The summed E-state index contributed by atoms with van der Waals surface area (Å²) in [6, 6.07) is 23.3. The smallest absolute Gasteiger partial charge is 0.234 e. The number of amides is 1. The standard InChI is InChI=1S/C22H19ClN2O2/c23-19-12-7-13-24-21(19)27-18-14-25(15-18)22(26)20(16-8-3-1-4-9-16)17-10-5-2-6-11-17/h1-13,18,20H,14-15H2. The number of hydrogen-bond acceptors (Lipinski definition) is 3. The number of carbonyl (C=O) groups excluding carboxylic acids is 1. The van der Waals surface area contributed by atoms with E-state index < -0.39 is 0 Å². The zero-order valence-electron chi connectivity index (χ0n) is 14.7. The maximum atomic E-state index is 13.2. The Morgan fingerprint density at radius 3 is 2.11 bits per heavy atom. The summed E-state index contributed by atoms with van der Waals surface area (Å²) >= 11 is 6.09. The quantitative estimate of drug-likeness (QED) is 0.669. The van der Waals surface area contributed by atoms with Crippen molar-refractivity contribution in [3.63, 3.8) is 0 Å². The van der Waals surface area contributed by atoms with Crippen molar-refractivity contribution in [2.24, 2.45) is 0 Å². The van der Waals surface area contributed by atoms with Gasteiger partial charge in [-0.15, -0.1) is 0 Å². The van der Waals surface area contributed by atoms with Crippen LogP contribution >= 0.6 is 11.6 Å². The molecule has 1 aliphatic heterocycles. The van der Waals surface area contributed by atoms with E-state index in [4.69, 9.17) is 16.3 Å². The highest BCUT2D eigenvalue weighted by molar-refractivity contribution is 6.31. The molecule has 0 atom stereocenters. The van der Waals surface area contributed by atoms with Crippen molar-refractivity contribution in [1.82, 2.24) is 9.88 Å². The minimum atomic E-state index is -0.313. The van der Waals surface area contributed by atoms with Gasteiger partial charge in [0.1, 0.15) is 11.1 Å². The average molecular weight is 379 g/mol. The molecule has 4 rings (SSSR count). The number of rotatable bonds is 5. The largest absolute Gasteiger partial charge is 0.470 e. The van der Waals surface area contributed by atoms with E-state index in [-0.39, 0.29) is 17.9 Å². The van der Waals surface area contributed by atoms with Gasteiger partial charge in [-0.3, -0.25) is 4.79 Å². The molecule has 0 bridgehead atoms. The van der Waals surface area contributed by atoms with Gasteiger partial charge in [0.15, 0.2) is 0 Å². The van der Waals surface area contributed by atoms with Crippen LogP contribution in [0.5, 0.6) is 5.88 Å². The second kappa shape index (κ2) is 7.80. The van der Waals surface area contributed by atoms with Crippen LogP contribution in [0.15, 0.2) is 79.0 Å². The van der Waals surface area contributed by atoms with Crippen molar-refractivity contribution in [2.45, 2.75) is 12.0 Å². The highest BCUT2D eigenvalue weighted by atomic mass is 35.5. The number of hydrogen-bond donors (Lipinski definition) is 0. The van der Waals surface area contributed by atoms with E-state index in [0.717, 1.165) is 11.1 Å². The van der Waals surface area contributed by atoms with Crippen molar-refractivity contribution in [3.05, 3.63) is 95.1 Å². The lowest BCUT2D eigenvalue weighted by atomic mass is 9.89. The first-order valence-electron chi connectivity index (χ1n) is 8.88. The number of pyridine rings is 1. The number of ether oxygens (including phenoxy) is 1. The molecular weight excluding hydrogens is 360 g/mol. The molecule has 0 spiro atoms. The van der Waals surface area contributed by atoms with Crippen LogP contribution in [0.3, 0.4) is 0 Å². The van der Waals surface area contributed by atoms with Gasteiger partial charge in [-0.1, -0.05) is 72.3 Å². The molecule has 1 aromatic heterocycles. The fourth-order valence-electron chi connectivity index (χ4n) is 3.26. The summed E-state index contributed by atoms with van der Waals surface area (Å²) in [5.74, 6) is 0.185. The van der Waals surface area contributed by atoms with Gasteiger partial charge in [0.25, 0.3) is 0 Å². The third-order valence-electron chi connectivity index (χ3n) is 4.68. The van der Waals surface area contributed by atoms with E-state index in [0.29, 0.717) is 24.0 Å². The SMILES string of the molecule is O=C(C(c1ccccc1)c1ccccc1)N1CC(Oc2ncccc2Cl)C1. The minimum absolute atomic E-state index is 0.0827. The van der Waals surface area contributed by atoms with Gasteiger partial charge in [-0.25, -0.2) is 4.98 Å². The van der Waals surface area contributed by atoms with Crippen LogP contribution in [-0.2, 0) is 4.79 Å². The van der Waals surface area contributed by atoms with Crippen molar-refractivity contribution >= 4 is 17.5 Å². The molecule has 1 amide bonds. The molecule has 27 heavy (non-hydrogen) atoms. The fraction of sp³-hybridized carbons (Fsp3) is 0.182. The predicted octanol–water partition coefficient (Wildman–Crippen LogP) is 4.16. The van der Waals surface area contributed by atoms with E-state index in [1.807, 2.05) is 65.6 Å². The molecular formula is C22H19ClN2O2. The second-order valence-electron chi connectivity index (χ2n) is 6.53. The Balaban J connectivity index is 1.48. The zero-order chi connectivity index (χ0) is 18.6. The zero-order valence-corrected chi connectivity index (χ0v) is 15.4. The molecule has 5 heteroatoms. The third kappa shape index (κ3) is 3.81. The van der Waals surface area contributed by atoms with Crippen molar-refractivity contribution in [3.8, 4) is 5.88 Å². The van der Waals surface area contributed by atoms with E-state index >= 15 is 0 Å². The number of aromatic nitrogens is 1. The van der Waals surface area contributed by atoms with Gasteiger partial charge >= 0.3 is 0 Å². The van der Waals surface area contributed by atoms with Crippen LogP contribution in [-0.4, -0.2) is 35.0 Å². The molecule has 3 aromatic rings. The van der Waals surface area contributed by atoms with Gasteiger partial charge in [-0.05, 0) is 23.3 Å². The van der Waals surface area contributed by atoms with E-state index in [9.17, 15) is 4.79 Å². The molecule has 4 nitrogen and oxygen atoms in total. The highest BCUT2D eigenvalue weighted by Crippen LogP contribution is 2.30. The Morgan fingerprint density at radius 2 is 1.56 bits per heavy atom. The molecule has 0 radical (unpaired) electrons. The molecule has 0 N–H and O–H groups in total. The monoisotopic (exact) mass is 378 g/mol. The lowest BCUT2D eigenvalue weighted by Gasteiger charge is -2.40. The molecule has 2 aromatic carbocycles. The van der Waals surface area contributed by atoms with Gasteiger partial charge in [0, 0.05) is 6.20 Å². The summed E-state index contributed by atoms with van der Waals surface area (Å²) in [6.07, 6.45) is 1.55. The number of benzene rings is 2. The summed E-state index contributed by atoms with van der Waals surface area (Å²) in [6.45, 7) is 1.06. The molecule has 1 aliphatic rings. The predicted molar refractivity (Wildman–Crippen MR) is 105 cm³/mol. The Hall–Kier alpha value is -2.85. The highest BCUT2D eigenvalue weighted by Gasteiger charge is 2.37. The lowest BCUT2D eigenvalue weighted by molar-refractivity contribution is -0.140. The van der Waals surface area contributed by atoms with E-state index in [2.05, 4.69) is 4.98 Å². The third-order valence-corrected chi connectivity index (χ3v) is 4.96. The first-order valence-corrected chi connectivity index (χ1v) is 9.26. The summed E-state index contributed by atoms with van der Waals surface area (Å²) in [5, 5.41) is 0.480. The molecule has 1 saturated heterocycles. The molecule has 1 fully saturated rings. The normalized spacial score (nSPS) is 14.1. The first kappa shape index (κ1) is 17.6. The lowest BCUT2D eigenvalue weighted by Crippen LogP contribution is -2.57. The number of halogens is 1. The second-order valence-corrected chi connectivity index (χ2v) is 6.94. The molecule has 0 saturated carbocycles. The summed E-state index contributed by atoms with van der Waals surface area (Å²) in [5.41, 5.74) is 1.98. The molecule has 2 heterocycles. The van der Waals surface area contributed by atoms with Gasteiger partial charge in [-0.2, -0.15) is 0 Å². The van der Waals surface area contributed by atoms with Crippen molar-refractivity contribution in [1.29, 1.82) is 0 Å². The van der Waals surface area contributed by atoms with E-state index in [1.165, 1.54) is 0 Å². The molecule has 0 aliphatic carbocycles. The van der Waals surface area contributed by atoms with Crippen LogP contribution in [0.4, 0.5) is 0 Å². The van der Waals surface area contributed by atoms with Crippen molar-refractivity contribution in [2.75, 3.05) is 13.1 Å². The molecule has 136 valence electrons. The van der Waals surface area contributed by atoms with Gasteiger partial charge in [0.05, 0.1) is 19.0 Å². The van der Waals surface area contributed by atoms with Gasteiger partial charge < -0.3 is 9.64 Å². The number of nitrogens with zero attached hydrogens (tertiary/aromatic N) is 2. The van der Waals surface area contributed by atoms with Crippen molar-refractivity contribution < 1.29 is 9.53 Å². The van der Waals surface area contributed by atoms with Crippen LogP contribution in [0.2, 0.25) is 5.02 Å². The average Bonchev–Trinajstić information content (AvgIpc) is 2.67. The Morgan fingerprint density at radius 1 is 0.963 bits per heavy atom. The maximum absolute atomic E-state index is 13.2. The van der Waals surface area contributed by atoms with Crippen LogP contribution < -0.4 is 4.74 Å². The summed E-state index contributed by atoms with van der Waals surface area (Å²) < 4.78 is 5.82. The Labute approximate surface area is 163 Å². The Bertz CT molecular complexity index is 872. The number of carbonyl (C=O) groups is 1. The topological polar surface area (TPSA) is 42.4 Å². The summed E-state index contributed by atoms with van der Waals surface area (Å²) in [4.78, 5) is 19.2. The first-order chi connectivity index (χ1) is 13.2. The van der Waals surface area contributed by atoms with Gasteiger partial charge in [0.2, 0.25) is 11.8 Å². The summed E-state index contributed by atoms with van der Waals surface area (Å²) in [7, 11) is 0. The minimum Gasteiger partial charge on any atom is -0.470 e. The van der Waals surface area contributed by atoms with Crippen LogP contribution in [0, 0.1) is 0 Å². The fourth-order valence-corrected chi connectivity index (χ4v) is 3.43.